The largest absolute Gasteiger partial charge is 0.382 e. The molecule has 0 spiro atoms. The van der Waals surface area contributed by atoms with Gasteiger partial charge in [-0.05, 0) is 18.6 Å². The quantitative estimate of drug-likeness (QED) is 0.591. The first-order valence-corrected chi connectivity index (χ1v) is 7.37. The average Bonchev–Trinajstić information content (AvgIpc) is 2.23. The van der Waals surface area contributed by atoms with Crippen molar-refractivity contribution in [2.75, 3.05) is 20.3 Å². The van der Waals surface area contributed by atoms with E-state index in [1.54, 1.807) is 19.2 Å². The van der Waals surface area contributed by atoms with E-state index in [9.17, 15) is 8.42 Å². The lowest BCUT2D eigenvalue weighted by atomic mass is 10.1. The normalized spacial score (nSPS) is 11.7. The summed E-state index contributed by atoms with van der Waals surface area (Å²) in [6.45, 7) is 2.95. The Bertz CT molecular complexity index is 470. The van der Waals surface area contributed by atoms with Crippen LogP contribution in [0, 0.1) is 6.92 Å². The maximum absolute atomic E-state index is 11.3. The number of aryl methyl sites for hydroxylation is 1. The van der Waals surface area contributed by atoms with E-state index in [0.717, 1.165) is 5.56 Å². The highest BCUT2D eigenvalue weighted by Crippen LogP contribution is 2.21. The van der Waals surface area contributed by atoms with Gasteiger partial charge in [-0.25, -0.2) is 8.42 Å². The van der Waals surface area contributed by atoms with Crippen LogP contribution in [0.15, 0.2) is 23.1 Å². The molecule has 0 heterocycles. The topological polar surface area (TPSA) is 52.6 Å². The van der Waals surface area contributed by atoms with E-state index in [4.69, 9.17) is 20.2 Å². The summed E-state index contributed by atoms with van der Waals surface area (Å²) in [6.07, 6.45) is 0. The lowest BCUT2D eigenvalue weighted by Gasteiger charge is -2.08. The Morgan fingerprint density at radius 3 is 2.59 bits per heavy atom. The molecule has 0 amide bonds. The smallest absolute Gasteiger partial charge is 0.261 e. The zero-order chi connectivity index (χ0) is 12.9. The molecule has 0 atom stereocenters. The predicted molar refractivity (Wildman–Crippen MR) is 65.7 cm³/mol. The van der Waals surface area contributed by atoms with Crippen molar-refractivity contribution in [1.29, 1.82) is 0 Å². The van der Waals surface area contributed by atoms with E-state index in [1.165, 1.54) is 6.07 Å². The molecule has 0 aliphatic rings. The Morgan fingerprint density at radius 2 is 2.00 bits per heavy atom. The van der Waals surface area contributed by atoms with E-state index in [1.807, 2.05) is 6.92 Å². The van der Waals surface area contributed by atoms with Crippen LogP contribution in [0.5, 0.6) is 0 Å². The SMILES string of the molecule is COCCOCc1cc(C)ccc1S(=O)(=O)Cl. The molecular weight excluding hydrogens is 264 g/mol. The summed E-state index contributed by atoms with van der Waals surface area (Å²) in [6, 6.07) is 4.95. The third-order valence-corrected chi connectivity index (χ3v) is 3.59. The number of rotatable bonds is 6. The average molecular weight is 279 g/mol. The van der Waals surface area contributed by atoms with Crippen molar-refractivity contribution in [3.05, 3.63) is 29.3 Å². The minimum Gasteiger partial charge on any atom is -0.382 e. The van der Waals surface area contributed by atoms with Crippen molar-refractivity contribution >= 4 is 19.7 Å². The van der Waals surface area contributed by atoms with Crippen molar-refractivity contribution in [2.45, 2.75) is 18.4 Å². The molecule has 6 heteroatoms. The van der Waals surface area contributed by atoms with E-state index >= 15 is 0 Å². The molecule has 0 fully saturated rings. The van der Waals surface area contributed by atoms with E-state index in [-0.39, 0.29) is 11.5 Å². The number of benzene rings is 1. The molecule has 1 aromatic rings. The maximum Gasteiger partial charge on any atom is 0.261 e. The third kappa shape index (κ3) is 4.63. The highest BCUT2D eigenvalue weighted by Gasteiger charge is 2.15. The van der Waals surface area contributed by atoms with Crippen LogP contribution in [0.4, 0.5) is 0 Å². The molecule has 96 valence electrons. The molecule has 0 bridgehead atoms. The first-order chi connectivity index (χ1) is 7.95. The van der Waals surface area contributed by atoms with Gasteiger partial charge in [0.2, 0.25) is 0 Å². The van der Waals surface area contributed by atoms with Gasteiger partial charge in [-0.2, -0.15) is 0 Å². The maximum atomic E-state index is 11.3. The Balaban J connectivity index is 2.85. The van der Waals surface area contributed by atoms with Crippen LogP contribution in [0.3, 0.4) is 0 Å². The standard InChI is InChI=1S/C11H15ClO4S/c1-9-3-4-11(17(12,13)14)10(7-9)8-16-6-5-15-2/h3-4,7H,5-6,8H2,1-2H3. The number of methoxy groups -OCH3 is 1. The lowest BCUT2D eigenvalue weighted by molar-refractivity contribution is 0.0607. The summed E-state index contributed by atoms with van der Waals surface area (Å²) in [4.78, 5) is 0.0992. The Labute approximate surface area is 106 Å². The van der Waals surface area contributed by atoms with Gasteiger partial charge in [0.05, 0.1) is 24.7 Å². The van der Waals surface area contributed by atoms with E-state index in [0.29, 0.717) is 18.8 Å². The van der Waals surface area contributed by atoms with Gasteiger partial charge < -0.3 is 9.47 Å². The van der Waals surface area contributed by atoms with Gasteiger partial charge in [0.1, 0.15) is 0 Å². The van der Waals surface area contributed by atoms with Gasteiger partial charge in [0.25, 0.3) is 9.05 Å². The summed E-state index contributed by atoms with van der Waals surface area (Å²) < 4.78 is 32.8. The molecule has 0 aliphatic heterocycles. The van der Waals surface area contributed by atoms with Gasteiger partial charge in [-0.3, -0.25) is 0 Å². The molecule has 1 aromatic carbocycles. The van der Waals surface area contributed by atoms with E-state index < -0.39 is 9.05 Å². The summed E-state index contributed by atoms with van der Waals surface area (Å²) in [5.74, 6) is 0. The van der Waals surface area contributed by atoms with Crippen molar-refractivity contribution in [3.8, 4) is 0 Å². The number of hydrogen-bond donors (Lipinski definition) is 0. The summed E-state index contributed by atoms with van der Waals surface area (Å²) >= 11 is 0. The fourth-order valence-corrected chi connectivity index (χ4v) is 2.50. The second-order valence-corrected chi connectivity index (χ2v) is 6.13. The zero-order valence-corrected chi connectivity index (χ0v) is 11.3. The van der Waals surface area contributed by atoms with Crippen LogP contribution in [0.1, 0.15) is 11.1 Å². The van der Waals surface area contributed by atoms with Crippen LogP contribution in [-0.4, -0.2) is 28.7 Å². The van der Waals surface area contributed by atoms with Crippen LogP contribution in [-0.2, 0) is 25.1 Å². The molecule has 4 nitrogen and oxygen atoms in total. The van der Waals surface area contributed by atoms with E-state index in [2.05, 4.69) is 0 Å². The molecule has 0 N–H and O–H groups in total. The first kappa shape index (κ1) is 14.4. The Kier molecular flexibility index (Phi) is 5.39. The highest BCUT2D eigenvalue weighted by molar-refractivity contribution is 8.13. The zero-order valence-electron chi connectivity index (χ0n) is 9.77. The molecule has 1 rings (SSSR count). The van der Waals surface area contributed by atoms with Crippen molar-refractivity contribution < 1.29 is 17.9 Å². The molecule has 0 saturated carbocycles. The molecule has 0 aliphatic carbocycles. The summed E-state index contributed by atoms with van der Waals surface area (Å²) in [5, 5.41) is 0. The molecule has 0 aromatic heterocycles. The van der Waals surface area contributed by atoms with Crippen LogP contribution in [0.25, 0.3) is 0 Å². The Hall–Kier alpha value is -0.620. The van der Waals surface area contributed by atoms with Gasteiger partial charge in [-0.15, -0.1) is 0 Å². The minimum absolute atomic E-state index is 0.0992. The van der Waals surface area contributed by atoms with Gasteiger partial charge >= 0.3 is 0 Å². The number of ether oxygens (including phenoxy) is 2. The number of hydrogen-bond acceptors (Lipinski definition) is 4. The fraction of sp³-hybridized carbons (Fsp3) is 0.455. The molecule has 0 saturated heterocycles. The number of halogens is 1. The first-order valence-electron chi connectivity index (χ1n) is 5.06. The van der Waals surface area contributed by atoms with Crippen LogP contribution in [0.2, 0.25) is 0 Å². The van der Waals surface area contributed by atoms with Gasteiger partial charge in [-0.1, -0.05) is 17.7 Å². The second-order valence-electron chi connectivity index (χ2n) is 3.59. The molecular formula is C11H15ClO4S. The van der Waals surface area contributed by atoms with Gasteiger partial charge in [0, 0.05) is 17.8 Å². The highest BCUT2D eigenvalue weighted by atomic mass is 35.7. The fourth-order valence-electron chi connectivity index (χ4n) is 1.38. The lowest BCUT2D eigenvalue weighted by Crippen LogP contribution is -2.05. The third-order valence-electron chi connectivity index (χ3n) is 2.17. The molecule has 0 unspecified atom stereocenters. The van der Waals surface area contributed by atoms with Crippen molar-refractivity contribution in [3.63, 3.8) is 0 Å². The summed E-state index contributed by atoms with van der Waals surface area (Å²) in [7, 11) is 3.19. The monoisotopic (exact) mass is 278 g/mol. The van der Waals surface area contributed by atoms with Crippen LogP contribution >= 0.6 is 10.7 Å². The molecule has 17 heavy (non-hydrogen) atoms. The summed E-state index contributed by atoms with van der Waals surface area (Å²) in [5.41, 5.74) is 1.52. The predicted octanol–water partition coefficient (Wildman–Crippen LogP) is 2.09. The molecule has 0 radical (unpaired) electrons. The van der Waals surface area contributed by atoms with Crippen LogP contribution < -0.4 is 0 Å². The minimum atomic E-state index is -3.73. The van der Waals surface area contributed by atoms with Crippen molar-refractivity contribution in [2.24, 2.45) is 0 Å². The van der Waals surface area contributed by atoms with Crippen molar-refractivity contribution in [1.82, 2.24) is 0 Å². The second kappa shape index (κ2) is 6.35. The van der Waals surface area contributed by atoms with Gasteiger partial charge in [0.15, 0.2) is 0 Å². The Morgan fingerprint density at radius 1 is 1.29 bits per heavy atom.